The molecule has 0 saturated carbocycles. The first-order chi connectivity index (χ1) is 14.2. The molecule has 152 valence electrons. The quantitative estimate of drug-likeness (QED) is 0.549. The van der Waals surface area contributed by atoms with Gasteiger partial charge in [0.15, 0.2) is 17.7 Å². The number of hydrogen-bond acceptors (Lipinski definition) is 9. The van der Waals surface area contributed by atoms with Gasteiger partial charge in [-0.2, -0.15) is 0 Å². The number of rotatable bonds is 4. The number of hydrogen-bond donors (Lipinski definition) is 4. The molecule has 29 heavy (non-hydrogen) atoms. The second-order valence-corrected chi connectivity index (χ2v) is 7.02. The summed E-state index contributed by atoms with van der Waals surface area (Å²) in [6, 6.07) is 9.74. The molecule has 1 aromatic carbocycles. The van der Waals surface area contributed by atoms with Gasteiger partial charge in [-0.25, -0.2) is 9.98 Å². The summed E-state index contributed by atoms with van der Waals surface area (Å²) in [7, 11) is 0. The fourth-order valence-electron chi connectivity index (χ4n) is 3.72. The Morgan fingerprint density at radius 3 is 2.76 bits per heavy atom. The second kappa shape index (κ2) is 7.16. The summed E-state index contributed by atoms with van der Waals surface area (Å²) in [5.41, 5.74) is 1.50. The van der Waals surface area contributed by atoms with Crippen molar-refractivity contribution in [2.75, 3.05) is 11.5 Å². The molecule has 2 aromatic rings. The third-order valence-corrected chi connectivity index (χ3v) is 5.21. The van der Waals surface area contributed by atoms with Crippen molar-refractivity contribution in [1.29, 1.82) is 0 Å². The molecule has 1 saturated heterocycles. The van der Waals surface area contributed by atoms with Gasteiger partial charge in [-0.05, 0) is 5.56 Å². The van der Waals surface area contributed by atoms with Crippen LogP contribution in [-0.4, -0.2) is 62.0 Å². The fourth-order valence-corrected chi connectivity index (χ4v) is 3.72. The van der Waals surface area contributed by atoms with Crippen LogP contribution in [0.1, 0.15) is 17.5 Å². The lowest BCUT2D eigenvalue weighted by atomic mass is 10.1. The van der Waals surface area contributed by atoms with Crippen LogP contribution in [0.2, 0.25) is 0 Å². The van der Waals surface area contributed by atoms with Gasteiger partial charge in [0.1, 0.15) is 24.9 Å². The van der Waals surface area contributed by atoms with E-state index in [4.69, 9.17) is 9.47 Å². The van der Waals surface area contributed by atoms with Gasteiger partial charge in [-0.3, -0.25) is 9.47 Å². The lowest BCUT2D eigenvalue weighted by Gasteiger charge is -2.30. The average molecular weight is 399 g/mol. The topological polar surface area (TPSA) is 125 Å². The highest BCUT2D eigenvalue weighted by Gasteiger charge is 2.46. The zero-order valence-electron chi connectivity index (χ0n) is 15.4. The Morgan fingerprint density at radius 2 is 2.00 bits per heavy atom. The third kappa shape index (κ3) is 2.97. The van der Waals surface area contributed by atoms with E-state index >= 15 is 0 Å². The fraction of sp³-hybridized carbons (Fsp3) is 0.368. The number of aliphatic imine (C=N–C) groups is 1. The second-order valence-electron chi connectivity index (χ2n) is 7.02. The van der Waals surface area contributed by atoms with E-state index in [1.54, 1.807) is 17.0 Å². The number of ether oxygens (including phenoxy) is 2. The van der Waals surface area contributed by atoms with Crippen LogP contribution in [0.4, 0.5) is 5.82 Å². The van der Waals surface area contributed by atoms with Crippen LogP contribution in [0, 0.1) is 0 Å². The molecular formula is C19H21N5O5. The first-order valence-corrected chi connectivity index (χ1v) is 9.32. The summed E-state index contributed by atoms with van der Waals surface area (Å²) in [4.78, 5) is 10.9. The summed E-state index contributed by atoms with van der Waals surface area (Å²) in [6.07, 6.45) is 0.478. The maximum atomic E-state index is 10.4. The molecule has 0 spiro atoms. The van der Waals surface area contributed by atoms with Gasteiger partial charge < -0.3 is 30.1 Å². The molecule has 5 atom stereocenters. The molecule has 1 fully saturated rings. The first kappa shape index (κ1) is 18.1. The Labute approximate surface area is 166 Å². The Hall–Kier alpha value is -2.92. The lowest BCUT2D eigenvalue weighted by molar-refractivity contribution is -0.0521. The molecule has 0 bridgehead atoms. The normalized spacial score (nSPS) is 30.0. The lowest BCUT2D eigenvalue weighted by Crippen LogP contribution is -2.41. The SMILES string of the molecule is OC[C@H]1O[C@@H](n2cnc3c2N2C=CNC2N=C3OCc2ccccc2)[C@H](O)[C@@H]1O. The molecule has 10 nitrogen and oxygen atoms in total. The zero-order valence-corrected chi connectivity index (χ0v) is 15.4. The molecular weight excluding hydrogens is 378 g/mol. The van der Waals surface area contributed by atoms with E-state index < -0.39 is 37.4 Å². The standard InChI is InChI=1S/C19H21N5O5/c25-8-12-14(26)15(27)18(29-12)24-10-21-13-16(28-9-11-4-2-1-3-5-11)22-19-20-6-7-23(19)17(13)24/h1-7,10,12,14-15,18-20,25-27H,8-9H2/t12-,14-,15-,18-,19?/m1/s1. The average Bonchev–Trinajstić information content (AvgIpc) is 3.45. The Balaban J connectivity index is 1.47. The number of fused-ring (bicyclic) bond motifs is 3. The van der Waals surface area contributed by atoms with Crippen LogP contribution >= 0.6 is 0 Å². The van der Waals surface area contributed by atoms with Crippen molar-refractivity contribution in [1.82, 2.24) is 14.9 Å². The maximum Gasteiger partial charge on any atom is 0.243 e. The minimum atomic E-state index is -1.21. The molecule has 10 heteroatoms. The van der Waals surface area contributed by atoms with E-state index in [1.165, 1.54) is 6.33 Å². The van der Waals surface area contributed by atoms with Crippen molar-refractivity contribution in [3.63, 3.8) is 0 Å². The monoisotopic (exact) mass is 399 g/mol. The predicted molar refractivity (Wildman–Crippen MR) is 102 cm³/mol. The van der Waals surface area contributed by atoms with Gasteiger partial charge in [-0.15, -0.1) is 0 Å². The van der Waals surface area contributed by atoms with E-state index in [-0.39, 0.29) is 0 Å². The molecule has 1 aromatic heterocycles. The minimum Gasteiger partial charge on any atom is -0.471 e. The van der Waals surface area contributed by atoms with Gasteiger partial charge in [0, 0.05) is 12.4 Å². The summed E-state index contributed by atoms with van der Waals surface area (Å²) < 4.78 is 13.3. The Morgan fingerprint density at radius 1 is 1.17 bits per heavy atom. The highest BCUT2D eigenvalue weighted by atomic mass is 16.6. The van der Waals surface area contributed by atoms with E-state index in [9.17, 15) is 15.3 Å². The first-order valence-electron chi connectivity index (χ1n) is 9.32. The van der Waals surface area contributed by atoms with Crippen LogP contribution in [0.15, 0.2) is 54.1 Å². The van der Waals surface area contributed by atoms with Crippen molar-refractivity contribution in [2.24, 2.45) is 4.99 Å². The number of aliphatic hydroxyl groups excluding tert-OH is 3. The molecule has 0 amide bonds. The molecule has 3 aliphatic heterocycles. The predicted octanol–water partition coefficient (Wildman–Crippen LogP) is -0.364. The van der Waals surface area contributed by atoms with E-state index in [0.717, 1.165) is 5.56 Å². The molecule has 0 aliphatic carbocycles. The number of aliphatic hydroxyl groups is 3. The summed E-state index contributed by atoms with van der Waals surface area (Å²) in [5.74, 6) is 0.982. The minimum absolute atomic E-state index is 0.333. The highest BCUT2D eigenvalue weighted by molar-refractivity contribution is 5.99. The number of nitrogens with zero attached hydrogens (tertiary/aromatic N) is 4. The van der Waals surface area contributed by atoms with Crippen molar-refractivity contribution in [3.8, 4) is 0 Å². The van der Waals surface area contributed by atoms with Crippen LogP contribution in [0.5, 0.6) is 0 Å². The van der Waals surface area contributed by atoms with Gasteiger partial charge >= 0.3 is 0 Å². The largest absolute Gasteiger partial charge is 0.471 e. The summed E-state index contributed by atoms with van der Waals surface area (Å²) >= 11 is 0. The summed E-state index contributed by atoms with van der Waals surface area (Å²) in [6.45, 7) is -0.0632. The van der Waals surface area contributed by atoms with Crippen molar-refractivity contribution in [2.45, 2.75) is 37.4 Å². The summed E-state index contributed by atoms with van der Waals surface area (Å²) in [5, 5.41) is 33.1. The van der Waals surface area contributed by atoms with Crippen molar-refractivity contribution < 1.29 is 24.8 Å². The van der Waals surface area contributed by atoms with Gasteiger partial charge in [-0.1, -0.05) is 30.3 Å². The van der Waals surface area contributed by atoms with Crippen LogP contribution in [0.25, 0.3) is 0 Å². The Kier molecular flexibility index (Phi) is 4.47. The van der Waals surface area contributed by atoms with E-state index in [1.807, 2.05) is 35.2 Å². The number of imidazole rings is 1. The molecule has 5 rings (SSSR count). The van der Waals surface area contributed by atoms with Crippen LogP contribution in [0.3, 0.4) is 0 Å². The number of aromatic nitrogens is 2. The maximum absolute atomic E-state index is 10.4. The zero-order chi connectivity index (χ0) is 20.0. The van der Waals surface area contributed by atoms with Crippen molar-refractivity contribution >= 4 is 11.7 Å². The Bertz CT molecular complexity index is 946. The van der Waals surface area contributed by atoms with Gasteiger partial charge in [0.25, 0.3) is 0 Å². The van der Waals surface area contributed by atoms with Gasteiger partial charge in [0.2, 0.25) is 12.2 Å². The highest BCUT2D eigenvalue weighted by Crippen LogP contribution is 2.37. The third-order valence-electron chi connectivity index (χ3n) is 5.21. The molecule has 1 unspecified atom stereocenters. The number of nitrogens with one attached hydrogen (secondary N) is 1. The van der Waals surface area contributed by atoms with Crippen LogP contribution < -0.4 is 10.2 Å². The van der Waals surface area contributed by atoms with Crippen LogP contribution in [-0.2, 0) is 16.1 Å². The number of benzene rings is 1. The molecule has 3 aliphatic rings. The van der Waals surface area contributed by atoms with E-state index in [0.29, 0.717) is 24.0 Å². The molecule has 0 radical (unpaired) electrons. The molecule has 4 N–H and O–H groups in total. The smallest absolute Gasteiger partial charge is 0.243 e. The van der Waals surface area contributed by atoms with Gasteiger partial charge in [0.05, 0.1) is 12.9 Å². The van der Waals surface area contributed by atoms with E-state index in [2.05, 4.69) is 15.3 Å². The number of anilines is 1. The molecule has 4 heterocycles. The van der Waals surface area contributed by atoms with Crippen molar-refractivity contribution in [3.05, 3.63) is 60.3 Å².